The van der Waals surface area contributed by atoms with E-state index in [2.05, 4.69) is 21.6 Å². The summed E-state index contributed by atoms with van der Waals surface area (Å²) >= 11 is 4.50. The number of fused-ring (bicyclic) bond motifs is 1. The Bertz CT molecular complexity index is 834. The molecule has 7 heteroatoms. The molecule has 0 aliphatic carbocycles. The molecular weight excluding hydrogens is 346 g/mol. The van der Waals surface area contributed by atoms with Gasteiger partial charge in [-0.1, -0.05) is 65.2 Å². The Hall–Kier alpha value is -1.57. The molecule has 4 nitrogen and oxygen atoms in total. The van der Waals surface area contributed by atoms with Crippen molar-refractivity contribution >= 4 is 57.2 Å². The van der Waals surface area contributed by atoms with Crippen LogP contribution < -0.4 is 5.32 Å². The summed E-state index contributed by atoms with van der Waals surface area (Å²) in [6.07, 6.45) is 1.96. The van der Waals surface area contributed by atoms with Gasteiger partial charge in [0.1, 0.15) is 0 Å². The topological polar surface area (TPSA) is 54.9 Å². The van der Waals surface area contributed by atoms with Gasteiger partial charge in [0.15, 0.2) is 8.68 Å². The van der Waals surface area contributed by atoms with Crippen molar-refractivity contribution in [2.75, 3.05) is 11.6 Å². The largest absolute Gasteiger partial charge is 0.325 e. The number of nitrogens with zero attached hydrogens (tertiary/aromatic N) is 2. The first kappa shape index (κ1) is 16.3. The standard InChI is InChI=1S/C16H15N3OS3/c1-10(22-16-19-18-15(21-2)23-16)14(20)17-13-8-7-11-5-3-4-6-12(11)9-13/h3-10H,1-2H3,(H,17,20)/t10-/m0/s1. The third-order valence-electron chi connectivity index (χ3n) is 3.23. The molecule has 0 spiro atoms. The van der Waals surface area contributed by atoms with Crippen LogP contribution in [0.15, 0.2) is 51.1 Å². The van der Waals surface area contributed by atoms with E-state index in [0.717, 1.165) is 25.1 Å². The molecule has 3 rings (SSSR count). The average molecular weight is 362 g/mol. The van der Waals surface area contributed by atoms with Crippen molar-refractivity contribution in [3.05, 3.63) is 42.5 Å². The Kier molecular flexibility index (Phi) is 5.20. The van der Waals surface area contributed by atoms with Gasteiger partial charge >= 0.3 is 0 Å². The normalized spacial score (nSPS) is 12.3. The lowest BCUT2D eigenvalue weighted by Crippen LogP contribution is -2.22. The van der Waals surface area contributed by atoms with Crippen LogP contribution in [0.4, 0.5) is 5.69 Å². The van der Waals surface area contributed by atoms with Gasteiger partial charge in [-0.25, -0.2) is 0 Å². The highest BCUT2D eigenvalue weighted by Gasteiger charge is 2.17. The molecule has 0 fully saturated rings. The van der Waals surface area contributed by atoms with E-state index in [1.165, 1.54) is 23.1 Å². The van der Waals surface area contributed by atoms with Crippen LogP contribution in [0.25, 0.3) is 10.8 Å². The van der Waals surface area contributed by atoms with Crippen LogP contribution in [0, 0.1) is 0 Å². The van der Waals surface area contributed by atoms with Gasteiger partial charge in [0, 0.05) is 5.69 Å². The second kappa shape index (κ2) is 7.33. The molecule has 118 valence electrons. The molecular formula is C16H15N3OS3. The van der Waals surface area contributed by atoms with Crippen molar-refractivity contribution in [1.29, 1.82) is 0 Å². The number of hydrogen-bond donors (Lipinski definition) is 1. The molecule has 0 saturated carbocycles. The number of rotatable bonds is 5. The molecule has 0 saturated heterocycles. The maximum atomic E-state index is 12.3. The van der Waals surface area contributed by atoms with Gasteiger partial charge in [0.05, 0.1) is 5.25 Å². The summed E-state index contributed by atoms with van der Waals surface area (Å²) in [5.41, 5.74) is 0.809. The minimum atomic E-state index is -0.232. The molecule has 1 atom stereocenters. The molecule has 23 heavy (non-hydrogen) atoms. The molecule has 0 bridgehead atoms. The molecule has 0 aliphatic heterocycles. The summed E-state index contributed by atoms with van der Waals surface area (Å²) in [7, 11) is 0. The van der Waals surface area contributed by atoms with Crippen molar-refractivity contribution in [2.24, 2.45) is 0 Å². The van der Waals surface area contributed by atoms with E-state index < -0.39 is 0 Å². The Morgan fingerprint density at radius 3 is 2.61 bits per heavy atom. The predicted molar refractivity (Wildman–Crippen MR) is 99.6 cm³/mol. The molecule has 1 N–H and O–H groups in total. The zero-order valence-corrected chi connectivity index (χ0v) is 15.1. The van der Waals surface area contributed by atoms with Crippen LogP contribution in [0.5, 0.6) is 0 Å². The summed E-state index contributed by atoms with van der Waals surface area (Å²) in [6, 6.07) is 14.0. The molecule has 0 radical (unpaired) electrons. The monoisotopic (exact) mass is 361 g/mol. The summed E-state index contributed by atoms with van der Waals surface area (Å²) in [4.78, 5) is 12.3. The first-order chi connectivity index (χ1) is 11.2. The average Bonchev–Trinajstić information content (AvgIpc) is 3.02. The van der Waals surface area contributed by atoms with Crippen molar-refractivity contribution in [2.45, 2.75) is 20.9 Å². The fourth-order valence-corrected chi connectivity index (χ4v) is 4.63. The van der Waals surface area contributed by atoms with Crippen LogP contribution in [-0.2, 0) is 4.79 Å². The van der Waals surface area contributed by atoms with E-state index in [1.807, 2.05) is 49.6 Å². The van der Waals surface area contributed by atoms with Crippen LogP contribution in [0.3, 0.4) is 0 Å². The van der Waals surface area contributed by atoms with Gasteiger partial charge in [-0.2, -0.15) is 0 Å². The Morgan fingerprint density at radius 1 is 1.13 bits per heavy atom. The number of amides is 1. The third kappa shape index (κ3) is 4.04. The first-order valence-corrected chi connectivity index (χ1v) is 9.91. The van der Waals surface area contributed by atoms with Gasteiger partial charge in [-0.3, -0.25) is 4.79 Å². The lowest BCUT2D eigenvalue weighted by Gasteiger charge is -2.11. The van der Waals surface area contributed by atoms with Crippen LogP contribution in [-0.4, -0.2) is 27.6 Å². The number of hydrogen-bond acceptors (Lipinski definition) is 6. The number of benzene rings is 2. The Labute approximate surface area is 147 Å². The number of aromatic nitrogens is 2. The maximum absolute atomic E-state index is 12.3. The lowest BCUT2D eigenvalue weighted by atomic mass is 10.1. The van der Waals surface area contributed by atoms with E-state index in [1.54, 1.807) is 11.8 Å². The van der Waals surface area contributed by atoms with Gasteiger partial charge in [0.2, 0.25) is 5.91 Å². The van der Waals surface area contributed by atoms with Crippen LogP contribution in [0.2, 0.25) is 0 Å². The summed E-state index contributed by atoms with van der Waals surface area (Å²) in [5.74, 6) is -0.0359. The molecule has 2 aromatic carbocycles. The smallest absolute Gasteiger partial charge is 0.237 e. The van der Waals surface area contributed by atoms with Crippen molar-refractivity contribution < 1.29 is 4.79 Å². The van der Waals surface area contributed by atoms with Gasteiger partial charge in [0.25, 0.3) is 0 Å². The maximum Gasteiger partial charge on any atom is 0.237 e. The minimum Gasteiger partial charge on any atom is -0.325 e. The zero-order valence-electron chi connectivity index (χ0n) is 12.6. The van der Waals surface area contributed by atoms with Crippen molar-refractivity contribution in [3.63, 3.8) is 0 Å². The van der Waals surface area contributed by atoms with Crippen molar-refractivity contribution in [1.82, 2.24) is 10.2 Å². The van der Waals surface area contributed by atoms with E-state index in [-0.39, 0.29) is 11.2 Å². The first-order valence-electron chi connectivity index (χ1n) is 6.99. The zero-order chi connectivity index (χ0) is 16.2. The van der Waals surface area contributed by atoms with Crippen LogP contribution in [0.1, 0.15) is 6.92 Å². The van der Waals surface area contributed by atoms with E-state index in [9.17, 15) is 4.79 Å². The van der Waals surface area contributed by atoms with E-state index >= 15 is 0 Å². The highest BCUT2D eigenvalue weighted by Crippen LogP contribution is 2.30. The Balaban J connectivity index is 1.66. The second-order valence-corrected chi connectivity index (χ2v) is 8.47. The second-order valence-electron chi connectivity index (χ2n) is 4.85. The molecule has 3 aromatic rings. The quantitative estimate of drug-likeness (QED) is 0.677. The number of carbonyl (C=O) groups excluding carboxylic acids is 1. The summed E-state index contributed by atoms with van der Waals surface area (Å²) < 4.78 is 1.73. The van der Waals surface area contributed by atoms with Gasteiger partial charge in [-0.15, -0.1) is 10.2 Å². The fraction of sp³-hybridized carbons (Fsp3) is 0.188. The number of nitrogens with one attached hydrogen (secondary N) is 1. The van der Waals surface area contributed by atoms with Crippen LogP contribution >= 0.6 is 34.9 Å². The van der Waals surface area contributed by atoms with Crippen molar-refractivity contribution in [3.8, 4) is 0 Å². The SMILES string of the molecule is CSc1nnc(S[C@@H](C)C(=O)Nc2ccc3ccccc3c2)s1. The molecule has 1 aromatic heterocycles. The molecule has 0 aliphatic rings. The molecule has 1 heterocycles. The van der Waals surface area contributed by atoms with E-state index in [4.69, 9.17) is 0 Å². The fourth-order valence-electron chi connectivity index (χ4n) is 2.04. The predicted octanol–water partition coefficient (Wildman–Crippen LogP) is 4.53. The number of thioether (sulfide) groups is 2. The minimum absolute atomic E-state index is 0.0359. The summed E-state index contributed by atoms with van der Waals surface area (Å²) in [5, 5.41) is 13.1. The number of anilines is 1. The molecule has 1 amide bonds. The summed E-state index contributed by atoms with van der Waals surface area (Å²) in [6.45, 7) is 1.88. The Morgan fingerprint density at radius 2 is 1.87 bits per heavy atom. The highest BCUT2D eigenvalue weighted by atomic mass is 32.2. The molecule has 0 unspecified atom stereocenters. The lowest BCUT2D eigenvalue weighted by molar-refractivity contribution is -0.115. The highest BCUT2D eigenvalue weighted by molar-refractivity contribution is 8.03. The third-order valence-corrected chi connectivity index (χ3v) is 6.31. The van der Waals surface area contributed by atoms with Gasteiger partial charge < -0.3 is 5.32 Å². The van der Waals surface area contributed by atoms with E-state index in [0.29, 0.717) is 0 Å². The van der Waals surface area contributed by atoms with Gasteiger partial charge in [-0.05, 0) is 36.1 Å². The number of carbonyl (C=O) groups is 1.